The average Bonchev–Trinajstić information content (AvgIpc) is 3.44. The fourth-order valence-corrected chi connectivity index (χ4v) is 7.12. The summed E-state index contributed by atoms with van der Waals surface area (Å²) in [4.78, 5) is 35.1. The number of hydrogen-bond acceptors (Lipinski definition) is 11. The quantitative estimate of drug-likeness (QED) is 0.349. The van der Waals surface area contributed by atoms with Gasteiger partial charge in [-0.05, 0) is 70.3 Å². The van der Waals surface area contributed by atoms with Gasteiger partial charge >= 0.3 is 0 Å². The minimum absolute atomic E-state index is 0.103. The van der Waals surface area contributed by atoms with Gasteiger partial charge in [-0.15, -0.1) is 11.3 Å². The molecule has 0 spiro atoms. The number of rotatable bonds is 8. The Morgan fingerprint density at radius 1 is 1.00 bits per heavy atom. The lowest BCUT2D eigenvalue weighted by Crippen LogP contribution is -2.52. The number of aryl methyl sites for hydroxylation is 2. The molecule has 3 aliphatic rings. The van der Waals surface area contributed by atoms with Crippen molar-refractivity contribution in [2.45, 2.75) is 51.6 Å². The van der Waals surface area contributed by atoms with Gasteiger partial charge in [0.15, 0.2) is 17.3 Å². The summed E-state index contributed by atoms with van der Waals surface area (Å²) >= 11 is 1.51. The SMILES string of the molecule is Cc1ncc(-c2nc(C(N)=O)c(Nc3ccc(N4CCC(N5CCN(C)CC5)CC4)c(C)c3)nc2NC2CCOCC2)s1. The number of thiazole rings is 1. The van der Waals surface area contributed by atoms with Crippen LogP contribution in [-0.2, 0) is 4.74 Å². The van der Waals surface area contributed by atoms with Crippen LogP contribution in [0.2, 0.25) is 0 Å². The van der Waals surface area contributed by atoms with Gasteiger partial charge in [0.1, 0.15) is 5.69 Å². The number of nitrogens with two attached hydrogens (primary N) is 1. The summed E-state index contributed by atoms with van der Waals surface area (Å²) in [5.74, 6) is 0.318. The normalized spacial score (nSPS) is 19.5. The molecule has 3 aliphatic heterocycles. The monoisotopic (exact) mass is 605 g/mol. The van der Waals surface area contributed by atoms with Crippen molar-refractivity contribution >= 4 is 40.3 Å². The van der Waals surface area contributed by atoms with Crippen LogP contribution in [0.5, 0.6) is 0 Å². The predicted octanol–water partition coefficient (Wildman–Crippen LogP) is 3.87. The van der Waals surface area contributed by atoms with Crippen molar-refractivity contribution in [2.75, 3.05) is 75.1 Å². The summed E-state index contributed by atoms with van der Waals surface area (Å²) in [5, 5.41) is 7.84. The molecule has 230 valence electrons. The molecule has 3 fully saturated rings. The smallest absolute Gasteiger partial charge is 0.271 e. The van der Waals surface area contributed by atoms with E-state index in [4.69, 9.17) is 20.4 Å². The molecule has 5 heterocycles. The summed E-state index contributed by atoms with van der Waals surface area (Å²) in [7, 11) is 2.21. The molecule has 0 unspecified atom stereocenters. The summed E-state index contributed by atoms with van der Waals surface area (Å²) in [6.07, 6.45) is 5.89. The molecule has 3 saturated heterocycles. The number of piperazine rings is 1. The summed E-state index contributed by atoms with van der Waals surface area (Å²) in [6, 6.07) is 7.21. The third kappa shape index (κ3) is 6.93. The molecule has 0 saturated carbocycles. The van der Waals surface area contributed by atoms with Crippen LogP contribution < -0.4 is 21.3 Å². The Morgan fingerprint density at radius 2 is 1.74 bits per heavy atom. The number of anilines is 4. The highest BCUT2D eigenvalue weighted by molar-refractivity contribution is 7.15. The Kier molecular flexibility index (Phi) is 9.08. The Hall–Kier alpha value is -3.32. The van der Waals surface area contributed by atoms with Gasteiger partial charge in [0.05, 0.1) is 9.88 Å². The Labute approximate surface area is 257 Å². The van der Waals surface area contributed by atoms with Crippen LogP contribution in [0.15, 0.2) is 24.4 Å². The third-order valence-electron chi connectivity index (χ3n) is 8.86. The van der Waals surface area contributed by atoms with Crippen LogP contribution in [0.25, 0.3) is 10.6 Å². The lowest BCUT2D eigenvalue weighted by atomic mass is 10.0. The Bertz CT molecular complexity index is 1420. The number of carbonyl (C=O) groups is 1. The van der Waals surface area contributed by atoms with Crippen LogP contribution in [-0.4, -0.2) is 102 Å². The molecule has 11 nitrogen and oxygen atoms in total. The van der Waals surface area contributed by atoms with Crippen LogP contribution in [0, 0.1) is 13.8 Å². The topological polar surface area (TPSA) is 125 Å². The number of nitrogens with one attached hydrogen (secondary N) is 2. The van der Waals surface area contributed by atoms with Crippen molar-refractivity contribution in [2.24, 2.45) is 5.73 Å². The van der Waals surface area contributed by atoms with Gasteiger partial charge < -0.3 is 30.9 Å². The van der Waals surface area contributed by atoms with Crippen molar-refractivity contribution in [1.29, 1.82) is 0 Å². The molecular weight excluding hydrogens is 562 g/mol. The lowest BCUT2D eigenvalue weighted by Gasteiger charge is -2.43. The zero-order chi connectivity index (χ0) is 29.9. The minimum atomic E-state index is -0.633. The molecule has 0 aliphatic carbocycles. The van der Waals surface area contributed by atoms with Crippen molar-refractivity contribution in [3.05, 3.63) is 40.7 Å². The van der Waals surface area contributed by atoms with Gasteiger partial charge in [0, 0.05) is 82.1 Å². The van der Waals surface area contributed by atoms with Gasteiger partial charge in [-0.25, -0.2) is 15.0 Å². The number of carbonyl (C=O) groups excluding carboxylic acids is 1. The van der Waals surface area contributed by atoms with E-state index in [9.17, 15) is 4.79 Å². The molecule has 1 aromatic carbocycles. The molecular formula is C31H43N9O2S. The van der Waals surface area contributed by atoms with Gasteiger partial charge in [0.25, 0.3) is 5.91 Å². The van der Waals surface area contributed by atoms with Gasteiger partial charge in [-0.3, -0.25) is 9.69 Å². The second kappa shape index (κ2) is 13.1. The van der Waals surface area contributed by atoms with Gasteiger partial charge in [0.2, 0.25) is 0 Å². The molecule has 2 aromatic heterocycles. The average molecular weight is 606 g/mol. The first kappa shape index (κ1) is 29.7. The molecule has 0 bridgehead atoms. The van der Waals surface area contributed by atoms with Crippen molar-refractivity contribution in [3.63, 3.8) is 0 Å². The lowest BCUT2D eigenvalue weighted by molar-refractivity contribution is 0.0904. The van der Waals surface area contributed by atoms with E-state index in [-0.39, 0.29) is 11.7 Å². The van der Waals surface area contributed by atoms with Crippen LogP contribution in [0.3, 0.4) is 0 Å². The standard InChI is InChI=1S/C31H43N9O2S/c1-20-18-23(4-5-25(20)40-10-6-24(7-11-40)39-14-12-38(3)13-15-39)35-31-28(29(32)41)36-27(26-19-33-21(2)43-26)30(37-31)34-22-8-16-42-17-9-22/h4-5,18-19,22,24H,6-17H2,1-3H3,(H2,32,41)(H2,34,35,37). The predicted molar refractivity (Wildman–Crippen MR) is 173 cm³/mol. The van der Waals surface area contributed by atoms with Crippen molar-refractivity contribution < 1.29 is 9.53 Å². The number of benzene rings is 1. The number of ether oxygens (including phenoxy) is 1. The van der Waals surface area contributed by atoms with E-state index >= 15 is 0 Å². The molecule has 3 aromatic rings. The van der Waals surface area contributed by atoms with Crippen LogP contribution >= 0.6 is 11.3 Å². The third-order valence-corrected chi connectivity index (χ3v) is 9.78. The number of nitrogens with zero attached hydrogens (tertiary/aromatic N) is 6. The number of aromatic nitrogens is 3. The molecule has 12 heteroatoms. The van der Waals surface area contributed by atoms with E-state index < -0.39 is 5.91 Å². The highest BCUT2D eigenvalue weighted by Gasteiger charge is 2.28. The molecule has 43 heavy (non-hydrogen) atoms. The molecule has 6 rings (SSSR count). The zero-order valence-corrected chi connectivity index (χ0v) is 26.3. The molecule has 4 N–H and O–H groups in total. The maximum atomic E-state index is 12.6. The fraction of sp³-hybridized carbons (Fsp3) is 0.548. The maximum Gasteiger partial charge on any atom is 0.271 e. The first-order valence-electron chi connectivity index (χ1n) is 15.4. The van der Waals surface area contributed by atoms with Crippen molar-refractivity contribution in [3.8, 4) is 10.6 Å². The van der Waals surface area contributed by atoms with E-state index in [2.05, 4.69) is 56.4 Å². The van der Waals surface area contributed by atoms with Gasteiger partial charge in [-0.2, -0.15) is 0 Å². The Balaban J connectivity index is 1.21. The highest BCUT2D eigenvalue weighted by atomic mass is 32.1. The molecule has 0 atom stereocenters. The summed E-state index contributed by atoms with van der Waals surface area (Å²) in [6.45, 7) is 12.3. The minimum Gasteiger partial charge on any atom is -0.381 e. The zero-order valence-electron chi connectivity index (χ0n) is 25.4. The van der Waals surface area contributed by atoms with Gasteiger partial charge in [-0.1, -0.05) is 0 Å². The fourth-order valence-electron chi connectivity index (χ4n) is 6.36. The maximum absolute atomic E-state index is 12.6. The first-order chi connectivity index (χ1) is 20.8. The summed E-state index contributed by atoms with van der Waals surface area (Å²) < 4.78 is 5.55. The number of piperidine rings is 1. The van der Waals surface area contributed by atoms with E-state index in [1.54, 1.807) is 6.20 Å². The van der Waals surface area contributed by atoms with E-state index in [1.165, 1.54) is 48.5 Å². The first-order valence-corrected chi connectivity index (χ1v) is 16.2. The van der Waals surface area contributed by atoms with Crippen molar-refractivity contribution in [1.82, 2.24) is 24.8 Å². The number of likely N-dealkylation sites (N-methyl/N-ethyl adjacent to an activating group) is 1. The van der Waals surface area contributed by atoms with E-state index in [0.29, 0.717) is 36.6 Å². The van der Waals surface area contributed by atoms with Crippen LogP contribution in [0.1, 0.15) is 46.7 Å². The number of amides is 1. The largest absolute Gasteiger partial charge is 0.381 e. The highest BCUT2D eigenvalue weighted by Crippen LogP contribution is 2.34. The molecule has 0 radical (unpaired) electrons. The number of hydrogen-bond donors (Lipinski definition) is 3. The van der Waals surface area contributed by atoms with Crippen LogP contribution in [0.4, 0.5) is 23.0 Å². The van der Waals surface area contributed by atoms with E-state index in [0.717, 1.165) is 54.6 Å². The second-order valence-electron chi connectivity index (χ2n) is 11.9. The summed E-state index contributed by atoms with van der Waals surface area (Å²) in [5.41, 5.74) is 9.79. The molecule has 1 amide bonds. The number of primary amides is 1. The second-order valence-corrected chi connectivity index (χ2v) is 13.2. The van der Waals surface area contributed by atoms with E-state index in [1.807, 2.05) is 13.0 Å². The Morgan fingerprint density at radius 3 is 2.40 bits per heavy atom.